The Morgan fingerprint density at radius 3 is 2.92 bits per heavy atom. The second-order valence-corrected chi connectivity index (χ2v) is 2.51. The van der Waals surface area contributed by atoms with E-state index in [1.807, 2.05) is 0 Å². The molecule has 1 aromatic rings. The van der Waals surface area contributed by atoms with Gasteiger partial charge in [-0.05, 0) is 17.7 Å². The molecule has 0 saturated heterocycles. The highest BCUT2D eigenvalue weighted by Gasteiger charge is 2.00. The number of hydrogen-bond donors (Lipinski definition) is 2. The first kappa shape index (κ1) is 9.38. The van der Waals surface area contributed by atoms with Crippen molar-refractivity contribution in [2.24, 2.45) is 5.16 Å². The zero-order chi connectivity index (χ0) is 9.68. The summed E-state index contributed by atoms with van der Waals surface area (Å²) >= 11 is 0. The molecular formula is C9H11NO3. The van der Waals surface area contributed by atoms with E-state index >= 15 is 0 Å². The lowest BCUT2D eigenvalue weighted by atomic mass is 10.1. The molecular weight excluding hydrogens is 170 g/mol. The lowest BCUT2D eigenvalue weighted by Crippen LogP contribution is -1.89. The molecule has 0 atom stereocenters. The van der Waals surface area contributed by atoms with Crippen LogP contribution in [0.1, 0.15) is 5.56 Å². The zero-order valence-corrected chi connectivity index (χ0v) is 7.27. The van der Waals surface area contributed by atoms with Gasteiger partial charge in [-0.15, -0.1) is 5.16 Å². The van der Waals surface area contributed by atoms with Crippen LogP contribution in [-0.2, 0) is 6.42 Å². The van der Waals surface area contributed by atoms with Gasteiger partial charge in [-0.3, -0.25) is 0 Å². The number of hydrogen-bond acceptors (Lipinski definition) is 4. The van der Waals surface area contributed by atoms with Gasteiger partial charge in [-0.25, -0.2) is 0 Å². The molecule has 1 aromatic carbocycles. The van der Waals surface area contributed by atoms with E-state index in [0.29, 0.717) is 12.2 Å². The third-order valence-corrected chi connectivity index (χ3v) is 1.65. The van der Waals surface area contributed by atoms with Crippen molar-refractivity contribution in [3.8, 4) is 11.5 Å². The topological polar surface area (TPSA) is 62.0 Å². The highest BCUT2D eigenvalue weighted by Crippen LogP contribution is 2.26. The number of nitrogens with zero attached hydrogens (tertiary/aromatic N) is 1. The van der Waals surface area contributed by atoms with Gasteiger partial charge < -0.3 is 15.1 Å². The second kappa shape index (κ2) is 4.35. The number of phenolic OH excluding ortho intramolecular Hbond substituents is 1. The van der Waals surface area contributed by atoms with Crippen molar-refractivity contribution in [2.75, 3.05) is 7.11 Å². The first-order valence-electron chi connectivity index (χ1n) is 3.79. The molecule has 0 bridgehead atoms. The van der Waals surface area contributed by atoms with Crippen LogP contribution >= 0.6 is 0 Å². The van der Waals surface area contributed by atoms with E-state index in [0.717, 1.165) is 5.56 Å². The zero-order valence-electron chi connectivity index (χ0n) is 7.27. The number of aromatic hydroxyl groups is 1. The fourth-order valence-corrected chi connectivity index (χ4v) is 0.995. The van der Waals surface area contributed by atoms with E-state index in [9.17, 15) is 5.11 Å². The largest absolute Gasteiger partial charge is 0.504 e. The van der Waals surface area contributed by atoms with Crippen LogP contribution in [0.25, 0.3) is 0 Å². The molecule has 0 aliphatic rings. The molecule has 0 amide bonds. The van der Waals surface area contributed by atoms with Crippen molar-refractivity contribution in [2.45, 2.75) is 6.42 Å². The van der Waals surface area contributed by atoms with Crippen LogP contribution in [0.15, 0.2) is 23.4 Å². The maximum Gasteiger partial charge on any atom is 0.160 e. The molecule has 1 rings (SSSR count). The van der Waals surface area contributed by atoms with Crippen LogP contribution in [0, 0.1) is 0 Å². The van der Waals surface area contributed by atoms with Crippen molar-refractivity contribution < 1.29 is 15.1 Å². The van der Waals surface area contributed by atoms with Gasteiger partial charge >= 0.3 is 0 Å². The fourth-order valence-electron chi connectivity index (χ4n) is 0.995. The predicted molar refractivity (Wildman–Crippen MR) is 48.6 cm³/mol. The maximum atomic E-state index is 9.25. The Bertz CT molecular complexity index is 310. The van der Waals surface area contributed by atoms with Crippen molar-refractivity contribution in [1.82, 2.24) is 0 Å². The summed E-state index contributed by atoms with van der Waals surface area (Å²) in [6, 6.07) is 4.97. The van der Waals surface area contributed by atoms with Crippen LogP contribution in [-0.4, -0.2) is 23.6 Å². The Kier molecular flexibility index (Phi) is 3.14. The molecule has 2 N–H and O–H groups in total. The molecule has 0 aliphatic carbocycles. The van der Waals surface area contributed by atoms with Crippen molar-refractivity contribution in [3.63, 3.8) is 0 Å². The molecule has 4 nitrogen and oxygen atoms in total. The molecule has 0 unspecified atom stereocenters. The van der Waals surface area contributed by atoms with E-state index < -0.39 is 0 Å². The first-order chi connectivity index (χ1) is 6.27. The molecule has 0 saturated carbocycles. The van der Waals surface area contributed by atoms with Crippen molar-refractivity contribution >= 4 is 6.21 Å². The summed E-state index contributed by atoms with van der Waals surface area (Å²) in [5.74, 6) is 0.524. The predicted octanol–water partition coefficient (Wildman–Crippen LogP) is 1.40. The minimum Gasteiger partial charge on any atom is -0.504 e. The lowest BCUT2D eigenvalue weighted by molar-refractivity contribution is 0.320. The molecule has 13 heavy (non-hydrogen) atoms. The normalized spacial score (nSPS) is 10.5. The highest BCUT2D eigenvalue weighted by atomic mass is 16.5. The van der Waals surface area contributed by atoms with Gasteiger partial charge in [0.15, 0.2) is 11.5 Å². The van der Waals surface area contributed by atoms with Crippen LogP contribution < -0.4 is 4.74 Å². The minimum absolute atomic E-state index is 0.104. The Morgan fingerprint density at radius 1 is 1.54 bits per heavy atom. The second-order valence-electron chi connectivity index (χ2n) is 2.51. The summed E-state index contributed by atoms with van der Waals surface area (Å²) in [4.78, 5) is 0. The summed E-state index contributed by atoms with van der Waals surface area (Å²) in [6.07, 6.45) is 1.87. The monoisotopic (exact) mass is 181 g/mol. The SMILES string of the molecule is COc1cc(CC=NO)ccc1O. The number of benzene rings is 1. The van der Waals surface area contributed by atoms with Crippen LogP contribution in [0.2, 0.25) is 0 Å². The number of oxime groups is 1. The summed E-state index contributed by atoms with van der Waals surface area (Å²) in [7, 11) is 1.49. The van der Waals surface area contributed by atoms with Crippen molar-refractivity contribution in [1.29, 1.82) is 0 Å². The van der Waals surface area contributed by atoms with Gasteiger partial charge in [0, 0.05) is 12.6 Å². The third kappa shape index (κ3) is 2.37. The smallest absolute Gasteiger partial charge is 0.160 e. The molecule has 0 aromatic heterocycles. The van der Waals surface area contributed by atoms with Crippen LogP contribution in [0.5, 0.6) is 11.5 Å². The van der Waals surface area contributed by atoms with Crippen LogP contribution in [0.3, 0.4) is 0 Å². The Balaban J connectivity index is 2.86. The number of methoxy groups -OCH3 is 1. The summed E-state index contributed by atoms with van der Waals surface area (Å²) < 4.78 is 4.91. The Hall–Kier alpha value is -1.71. The quantitative estimate of drug-likeness (QED) is 0.421. The molecule has 0 fully saturated rings. The summed E-state index contributed by atoms with van der Waals surface area (Å²) in [5, 5.41) is 20.3. The fraction of sp³-hybridized carbons (Fsp3) is 0.222. The van der Waals surface area contributed by atoms with Gasteiger partial charge in [-0.1, -0.05) is 6.07 Å². The van der Waals surface area contributed by atoms with E-state index in [1.54, 1.807) is 18.2 Å². The van der Waals surface area contributed by atoms with Gasteiger partial charge in [0.05, 0.1) is 7.11 Å². The molecule has 70 valence electrons. The molecule has 0 radical (unpaired) electrons. The summed E-state index contributed by atoms with van der Waals surface area (Å²) in [6.45, 7) is 0. The number of phenols is 1. The van der Waals surface area contributed by atoms with Crippen LogP contribution in [0.4, 0.5) is 0 Å². The van der Waals surface area contributed by atoms with E-state index in [4.69, 9.17) is 9.94 Å². The number of ether oxygens (including phenoxy) is 1. The molecule has 0 spiro atoms. The minimum atomic E-state index is 0.104. The Morgan fingerprint density at radius 2 is 2.31 bits per heavy atom. The van der Waals surface area contributed by atoms with E-state index in [1.165, 1.54) is 13.3 Å². The average molecular weight is 181 g/mol. The lowest BCUT2D eigenvalue weighted by Gasteiger charge is -2.04. The highest BCUT2D eigenvalue weighted by molar-refractivity contribution is 5.61. The average Bonchev–Trinajstić information content (AvgIpc) is 2.16. The first-order valence-corrected chi connectivity index (χ1v) is 3.79. The van der Waals surface area contributed by atoms with Crippen molar-refractivity contribution in [3.05, 3.63) is 23.8 Å². The molecule has 4 heteroatoms. The van der Waals surface area contributed by atoms with Gasteiger partial charge in [0.25, 0.3) is 0 Å². The van der Waals surface area contributed by atoms with Gasteiger partial charge in [0.1, 0.15) is 0 Å². The van der Waals surface area contributed by atoms with Gasteiger partial charge in [-0.2, -0.15) is 0 Å². The van der Waals surface area contributed by atoms with E-state index in [2.05, 4.69) is 5.16 Å². The standard InChI is InChI=1S/C9H11NO3/c1-13-9-6-7(4-5-10-12)2-3-8(9)11/h2-3,5-6,11-12H,4H2,1H3. The van der Waals surface area contributed by atoms with E-state index in [-0.39, 0.29) is 5.75 Å². The number of rotatable bonds is 3. The van der Waals surface area contributed by atoms with Gasteiger partial charge in [0.2, 0.25) is 0 Å². The third-order valence-electron chi connectivity index (χ3n) is 1.65. The Labute approximate surface area is 76.1 Å². The summed E-state index contributed by atoms with van der Waals surface area (Å²) in [5.41, 5.74) is 0.910. The maximum absolute atomic E-state index is 9.25. The molecule has 0 aliphatic heterocycles. The molecule has 0 heterocycles.